The van der Waals surface area contributed by atoms with Gasteiger partial charge in [-0.15, -0.1) is 0 Å². The summed E-state index contributed by atoms with van der Waals surface area (Å²) in [7, 11) is 0. The SMILES string of the molecule is CCc1noc(C)c1C(=O)NCc1c(C(=O)O)oc2ccccc12. The van der Waals surface area contributed by atoms with Crippen molar-refractivity contribution in [3.63, 3.8) is 0 Å². The Labute approximate surface area is 137 Å². The standard InChI is InChI=1S/C17H16N2O5/c1-3-12-14(9(2)24-19-12)16(20)18-8-11-10-6-4-5-7-13(10)23-15(11)17(21)22/h4-7H,3,8H2,1-2H3,(H,18,20)(H,21,22). The lowest BCUT2D eigenvalue weighted by Gasteiger charge is -2.05. The van der Waals surface area contributed by atoms with E-state index in [0.717, 1.165) is 0 Å². The Hall–Kier alpha value is -3.09. The van der Waals surface area contributed by atoms with Gasteiger partial charge < -0.3 is 19.4 Å². The number of rotatable bonds is 5. The summed E-state index contributed by atoms with van der Waals surface area (Å²) < 4.78 is 10.4. The van der Waals surface area contributed by atoms with Crippen LogP contribution in [0.3, 0.4) is 0 Å². The van der Waals surface area contributed by atoms with Gasteiger partial charge in [0.1, 0.15) is 16.9 Å². The molecule has 7 nitrogen and oxygen atoms in total. The number of carboxylic acids is 1. The summed E-state index contributed by atoms with van der Waals surface area (Å²) in [5, 5.41) is 16.5. The number of nitrogens with zero attached hydrogens (tertiary/aromatic N) is 1. The van der Waals surface area contributed by atoms with Crippen LogP contribution in [0.25, 0.3) is 11.0 Å². The summed E-state index contributed by atoms with van der Waals surface area (Å²) in [6, 6.07) is 6.99. The Morgan fingerprint density at radius 2 is 2.04 bits per heavy atom. The van der Waals surface area contributed by atoms with Crippen LogP contribution in [0.5, 0.6) is 0 Å². The van der Waals surface area contributed by atoms with Crippen molar-refractivity contribution in [3.8, 4) is 0 Å². The van der Waals surface area contributed by atoms with E-state index in [-0.39, 0.29) is 18.2 Å². The molecule has 0 radical (unpaired) electrons. The molecule has 1 amide bonds. The van der Waals surface area contributed by atoms with Crippen LogP contribution in [-0.2, 0) is 13.0 Å². The highest BCUT2D eigenvalue weighted by Gasteiger charge is 2.23. The van der Waals surface area contributed by atoms with Gasteiger partial charge in [0.25, 0.3) is 5.91 Å². The molecule has 2 heterocycles. The van der Waals surface area contributed by atoms with E-state index in [9.17, 15) is 14.7 Å². The lowest BCUT2D eigenvalue weighted by Crippen LogP contribution is -2.24. The molecule has 3 rings (SSSR count). The molecule has 0 atom stereocenters. The van der Waals surface area contributed by atoms with E-state index in [4.69, 9.17) is 8.94 Å². The Morgan fingerprint density at radius 3 is 2.75 bits per heavy atom. The van der Waals surface area contributed by atoms with Crippen LogP contribution in [-0.4, -0.2) is 22.1 Å². The van der Waals surface area contributed by atoms with Crippen LogP contribution in [0.1, 0.15) is 44.9 Å². The first-order valence-electron chi connectivity index (χ1n) is 7.50. The Balaban J connectivity index is 1.90. The van der Waals surface area contributed by atoms with E-state index in [1.54, 1.807) is 31.2 Å². The third-order valence-corrected chi connectivity index (χ3v) is 3.81. The van der Waals surface area contributed by atoms with E-state index in [2.05, 4.69) is 10.5 Å². The molecular weight excluding hydrogens is 312 g/mol. The molecule has 24 heavy (non-hydrogen) atoms. The molecule has 3 aromatic rings. The van der Waals surface area contributed by atoms with Gasteiger partial charge in [-0.1, -0.05) is 30.3 Å². The number of nitrogens with one attached hydrogen (secondary N) is 1. The minimum atomic E-state index is -1.18. The molecule has 0 bridgehead atoms. The van der Waals surface area contributed by atoms with Gasteiger partial charge in [0.2, 0.25) is 5.76 Å². The van der Waals surface area contributed by atoms with E-state index in [1.807, 2.05) is 6.92 Å². The number of hydrogen-bond donors (Lipinski definition) is 2. The van der Waals surface area contributed by atoms with Gasteiger partial charge in [0.05, 0.1) is 5.69 Å². The number of hydrogen-bond acceptors (Lipinski definition) is 5. The molecule has 0 aliphatic heterocycles. The quantitative estimate of drug-likeness (QED) is 0.746. The predicted octanol–water partition coefficient (Wildman–Crippen LogP) is 2.92. The van der Waals surface area contributed by atoms with Crippen molar-refractivity contribution < 1.29 is 23.6 Å². The van der Waals surface area contributed by atoms with Crippen LogP contribution in [0, 0.1) is 6.92 Å². The zero-order chi connectivity index (χ0) is 17.3. The molecule has 0 aliphatic carbocycles. The van der Waals surface area contributed by atoms with Gasteiger partial charge in [-0.05, 0) is 19.4 Å². The molecular formula is C17H16N2O5. The van der Waals surface area contributed by atoms with Gasteiger partial charge in [0.15, 0.2) is 0 Å². The molecule has 0 aliphatic rings. The maximum Gasteiger partial charge on any atom is 0.372 e. The summed E-state index contributed by atoms with van der Waals surface area (Å²) >= 11 is 0. The number of fused-ring (bicyclic) bond motifs is 1. The normalized spacial score (nSPS) is 10.9. The van der Waals surface area contributed by atoms with Gasteiger partial charge in [0, 0.05) is 17.5 Å². The fourth-order valence-corrected chi connectivity index (χ4v) is 2.65. The van der Waals surface area contributed by atoms with Crippen LogP contribution < -0.4 is 5.32 Å². The average molecular weight is 328 g/mol. The number of para-hydroxylation sites is 1. The second kappa shape index (κ2) is 6.19. The largest absolute Gasteiger partial charge is 0.475 e. The van der Waals surface area contributed by atoms with Gasteiger partial charge in [-0.25, -0.2) is 4.79 Å². The van der Waals surface area contributed by atoms with Crippen molar-refractivity contribution in [2.45, 2.75) is 26.8 Å². The zero-order valence-electron chi connectivity index (χ0n) is 13.3. The number of benzene rings is 1. The molecule has 7 heteroatoms. The number of carboxylic acid groups (broad SMARTS) is 1. The lowest BCUT2D eigenvalue weighted by atomic mass is 10.1. The predicted molar refractivity (Wildman–Crippen MR) is 85.0 cm³/mol. The summed E-state index contributed by atoms with van der Waals surface area (Å²) in [5.74, 6) is -1.27. The highest BCUT2D eigenvalue weighted by atomic mass is 16.5. The Morgan fingerprint density at radius 1 is 1.29 bits per heavy atom. The van der Waals surface area contributed by atoms with Crippen LogP contribution in [0.2, 0.25) is 0 Å². The maximum absolute atomic E-state index is 12.4. The van der Waals surface area contributed by atoms with E-state index < -0.39 is 5.97 Å². The molecule has 2 aromatic heterocycles. The first kappa shape index (κ1) is 15.8. The number of carbonyl (C=O) groups excluding carboxylic acids is 1. The second-order valence-electron chi connectivity index (χ2n) is 5.31. The van der Waals surface area contributed by atoms with Crippen molar-refractivity contribution in [1.82, 2.24) is 10.5 Å². The van der Waals surface area contributed by atoms with E-state index >= 15 is 0 Å². The van der Waals surface area contributed by atoms with Gasteiger partial charge in [-0.3, -0.25) is 4.79 Å². The van der Waals surface area contributed by atoms with Gasteiger partial charge >= 0.3 is 5.97 Å². The number of amides is 1. The highest BCUT2D eigenvalue weighted by molar-refractivity contribution is 5.98. The van der Waals surface area contributed by atoms with Crippen molar-refractivity contribution >= 4 is 22.8 Å². The molecule has 1 aromatic carbocycles. The van der Waals surface area contributed by atoms with Crippen LogP contribution in [0.4, 0.5) is 0 Å². The smallest absolute Gasteiger partial charge is 0.372 e. The van der Waals surface area contributed by atoms with Crippen LogP contribution >= 0.6 is 0 Å². The van der Waals surface area contributed by atoms with Gasteiger partial charge in [-0.2, -0.15) is 0 Å². The number of aryl methyl sites for hydroxylation is 2. The number of aromatic nitrogens is 1. The molecule has 0 saturated heterocycles. The fourth-order valence-electron chi connectivity index (χ4n) is 2.65. The van der Waals surface area contributed by atoms with Crippen molar-refractivity contribution in [2.24, 2.45) is 0 Å². The molecule has 124 valence electrons. The monoisotopic (exact) mass is 328 g/mol. The highest BCUT2D eigenvalue weighted by Crippen LogP contribution is 2.26. The Bertz CT molecular complexity index is 922. The minimum absolute atomic E-state index is 0.0330. The molecule has 0 saturated carbocycles. The minimum Gasteiger partial charge on any atom is -0.475 e. The van der Waals surface area contributed by atoms with Crippen LogP contribution in [0.15, 0.2) is 33.2 Å². The molecule has 2 N–H and O–H groups in total. The Kier molecular flexibility index (Phi) is 4.07. The zero-order valence-corrected chi connectivity index (χ0v) is 13.3. The summed E-state index contributed by atoms with van der Waals surface area (Å²) in [5.41, 5.74) is 1.86. The first-order chi connectivity index (χ1) is 11.5. The topological polar surface area (TPSA) is 106 Å². The molecule has 0 unspecified atom stereocenters. The molecule has 0 fully saturated rings. The number of carbonyl (C=O) groups is 2. The third kappa shape index (κ3) is 2.64. The number of aromatic carboxylic acids is 1. The van der Waals surface area contributed by atoms with Crippen molar-refractivity contribution in [1.29, 1.82) is 0 Å². The summed E-state index contributed by atoms with van der Waals surface area (Å²) in [6.07, 6.45) is 0.565. The van der Waals surface area contributed by atoms with E-state index in [0.29, 0.717) is 40.0 Å². The fraction of sp³-hybridized carbons (Fsp3) is 0.235. The number of furan rings is 1. The lowest BCUT2D eigenvalue weighted by molar-refractivity contribution is 0.0662. The summed E-state index contributed by atoms with van der Waals surface area (Å²) in [4.78, 5) is 23.8. The average Bonchev–Trinajstić information content (AvgIpc) is 3.13. The third-order valence-electron chi connectivity index (χ3n) is 3.81. The van der Waals surface area contributed by atoms with Crippen molar-refractivity contribution in [3.05, 3.63) is 52.6 Å². The first-order valence-corrected chi connectivity index (χ1v) is 7.50. The summed E-state index contributed by atoms with van der Waals surface area (Å²) in [6.45, 7) is 3.57. The maximum atomic E-state index is 12.4. The van der Waals surface area contributed by atoms with E-state index in [1.165, 1.54) is 0 Å². The second-order valence-corrected chi connectivity index (χ2v) is 5.31. The molecule has 0 spiro atoms. The van der Waals surface area contributed by atoms with Crippen molar-refractivity contribution in [2.75, 3.05) is 0 Å².